The monoisotopic (exact) mass is 330 g/mol. The summed E-state index contributed by atoms with van der Waals surface area (Å²) in [5.41, 5.74) is 6.54. The van der Waals surface area contributed by atoms with Crippen LogP contribution in [-0.4, -0.2) is 32.7 Å². The quantitative estimate of drug-likeness (QED) is 0.646. The van der Waals surface area contributed by atoms with Crippen LogP contribution in [0.1, 0.15) is 31.7 Å². The molecule has 0 fully saturated rings. The van der Waals surface area contributed by atoms with Crippen LogP contribution in [0, 0.1) is 0 Å². The summed E-state index contributed by atoms with van der Waals surface area (Å²) in [6, 6.07) is 5.94. The molecule has 0 radical (unpaired) electrons. The molecule has 5 nitrogen and oxygen atoms in total. The molecule has 0 aliphatic heterocycles. The van der Waals surface area contributed by atoms with Crippen LogP contribution >= 0.6 is 12.4 Å². The van der Waals surface area contributed by atoms with Crippen LogP contribution < -0.4 is 20.5 Å². The molecular weight excluding hydrogens is 304 g/mol. The van der Waals surface area contributed by atoms with Gasteiger partial charge in [-0.3, -0.25) is 4.79 Å². The van der Waals surface area contributed by atoms with Gasteiger partial charge < -0.3 is 20.5 Å². The molecule has 0 heterocycles. The summed E-state index contributed by atoms with van der Waals surface area (Å²) in [6.07, 6.45) is 3.03. The minimum absolute atomic E-state index is 0. The van der Waals surface area contributed by atoms with Gasteiger partial charge in [0.15, 0.2) is 11.5 Å². The molecule has 126 valence electrons. The van der Waals surface area contributed by atoms with Crippen molar-refractivity contribution in [2.45, 2.75) is 32.6 Å². The fraction of sp³-hybridized carbons (Fsp3) is 0.562. The second kappa shape index (κ2) is 12.1. The van der Waals surface area contributed by atoms with E-state index in [2.05, 4.69) is 5.32 Å². The minimum atomic E-state index is 0. The number of hydrogen-bond acceptors (Lipinski definition) is 4. The van der Waals surface area contributed by atoms with Gasteiger partial charge in [-0.05, 0) is 50.4 Å². The van der Waals surface area contributed by atoms with E-state index in [1.54, 1.807) is 7.11 Å². The van der Waals surface area contributed by atoms with Crippen LogP contribution in [0.3, 0.4) is 0 Å². The van der Waals surface area contributed by atoms with Crippen LogP contribution in [0.2, 0.25) is 0 Å². The van der Waals surface area contributed by atoms with Gasteiger partial charge in [-0.15, -0.1) is 12.4 Å². The van der Waals surface area contributed by atoms with Crippen molar-refractivity contribution in [3.8, 4) is 11.5 Å². The number of hydrogen-bond donors (Lipinski definition) is 2. The van der Waals surface area contributed by atoms with Gasteiger partial charge in [0.1, 0.15) is 0 Å². The molecule has 1 rings (SSSR count). The Labute approximate surface area is 139 Å². The summed E-state index contributed by atoms with van der Waals surface area (Å²) in [4.78, 5) is 11.4. The first-order valence-electron chi connectivity index (χ1n) is 7.47. The maximum atomic E-state index is 11.4. The van der Waals surface area contributed by atoms with E-state index in [9.17, 15) is 4.79 Å². The van der Waals surface area contributed by atoms with Crippen molar-refractivity contribution in [2.24, 2.45) is 5.73 Å². The van der Waals surface area contributed by atoms with E-state index in [0.717, 1.165) is 30.8 Å². The molecule has 1 amide bonds. The highest BCUT2D eigenvalue weighted by Gasteiger charge is 2.05. The van der Waals surface area contributed by atoms with Crippen molar-refractivity contribution >= 4 is 18.3 Å². The normalized spacial score (nSPS) is 9.77. The van der Waals surface area contributed by atoms with Crippen LogP contribution in [0.25, 0.3) is 0 Å². The third-order valence-electron chi connectivity index (χ3n) is 3.10. The second-order valence-electron chi connectivity index (χ2n) is 4.76. The van der Waals surface area contributed by atoms with Crippen LogP contribution in [0.5, 0.6) is 11.5 Å². The van der Waals surface area contributed by atoms with Crippen LogP contribution in [0.15, 0.2) is 18.2 Å². The Balaban J connectivity index is 0.00000441. The molecule has 0 bridgehead atoms. The Morgan fingerprint density at radius 3 is 2.68 bits per heavy atom. The molecular formula is C16H27ClN2O3. The minimum Gasteiger partial charge on any atom is -0.493 e. The lowest BCUT2D eigenvalue weighted by Crippen LogP contribution is -2.25. The number of methoxy groups -OCH3 is 1. The molecule has 6 heteroatoms. The summed E-state index contributed by atoms with van der Waals surface area (Å²) in [6.45, 7) is 3.79. The van der Waals surface area contributed by atoms with Gasteiger partial charge in [0.25, 0.3) is 0 Å². The number of nitrogens with two attached hydrogens (primary N) is 1. The highest BCUT2D eigenvalue weighted by molar-refractivity contribution is 5.85. The zero-order valence-electron chi connectivity index (χ0n) is 13.4. The van der Waals surface area contributed by atoms with Gasteiger partial charge in [0.2, 0.25) is 5.91 Å². The third kappa shape index (κ3) is 7.52. The highest BCUT2D eigenvalue weighted by atomic mass is 35.5. The molecule has 0 aliphatic carbocycles. The smallest absolute Gasteiger partial charge is 0.220 e. The zero-order valence-corrected chi connectivity index (χ0v) is 14.2. The molecule has 0 saturated carbocycles. The van der Waals surface area contributed by atoms with Gasteiger partial charge in [-0.2, -0.15) is 0 Å². The Kier molecular flexibility index (Phi) is 11.3. The van der Waals surface area contributed by atoms with Crippen LogP contribution in [0.4, 0.5) is 0 Å². The molecule has 0 unspecified atom stereocenters. The number of amides is 1. The summed E-state index contributed by atoms with van der Waals surface area (Å²) in [7, 11) is 1.63. The average molecular weight is 331 g/mol. The Hall–Kier alpha value is -1.46. The van der Waals surface area contributed by atoms with E-state index in [-0.39, 0.29) is 18.3 Å². The van der Waals surface area contributed by atoms with Crippen molar-refractivity contribution in [1.82, 2.24) is 5.32 Å². The molecule has 1 aromatic carbocycles. The number of carbonyl (C=O) groups is 1. The van der Waals surface area contributed by atoms with Crippen molar-refractivity contribution in [1.29, 1.82) is 0 Å². The van der Waals surface area contributed by atoms with Gasteiger partial charge in [0.05, 0.1) is 13.7 Å². The van der Waals surface area contributed by atoms with Crippen molar-refractivity contribution < 1.29 is 14.3 Å². The maximum absolute atomic E-state index is 11.4. The largest absolute Gasteiger partial charge is 0.493 e. The summed E-state index contributed by atoms with van der Waals surface area (Å²) < 4.78 is 10.8. The van der Waals surface area contributed by atoms with E-state index in [1.165, 1.54) is 5.56 Å². The Morgan fingerprint density at radius 1 is 1.27 bits per heavy atom. The predicted octanol–water partition coefficient (Wildman–Crippen LogP) is 2.30. The van der Waals surface area contributed by atoms with Crippen molar-refractivity contribution in [3.63, 3.8) is 0 Å². The number of nitrogens with one attached hydrogen (secondary N) is 1. The molecule has 0 atom stereocenters. The number of rotatable bonds is 10. The van der Waals surface area contributed by atoms with Crippen molar-refractivity contribution in [2.75, 3.05) is 26.8 Å². The number of halogens is 1. The van der Waals surface area contributed by atoms with E-state index in [4.69, 9.17) is 15.2 Å². The molecule has 0 saturated heterocycles. The van der Waals surface area contributed by atoms with Gasteiger partial charge >= 0.3 is 0 Å². The number of benzene rings is 1. The van der Waals surface area contributed by atoms with Gasteiger partial charge in [-0.25, -0.2) is 0 Å². The molecule has 3 N–H and O–H groups in total. The maximum Gasteiger partial charge on any atom is 0.220 e. The summed E-state index contributed by atoms with van der Waals surface area (Å²) in [5.74, 6) is 1.59. The number of ether oxygens (including phenoxy) is 2. The fourth-order valence-electron chi connectivity index (χ4n) is 2.02. The molecule has 22 heavy (non-hydrogen) atoms. The first kappa shape index (κ1) is 20.5. The molecule has 0 spiro atoms. The van der Waals surface area contributed by atoms with E-state index in [1.807, 2.05) is 25.1 Å². The first-order valence-corrected chi connectivity index (χ1v) is 7.47. The predicted molar refractivity (Wildman–Crippen MR) is 91.0 cm³/mol. The lowest BCUT2D eigenvalue weighted by molar-refractivity contribution is -0.121. The molecule has 0 aromatic heterocycles. The summed E-state index contributed by atoms with van der Waals surface area (Å²) in [5, 5.41) is 2.90. The lowest BCUT2D eigenvalue weighted by Gasteiger charge is -2.11. The summed E-state index contributed by atoms with van der Waals surface area (Å²) >= 11 is 0. The average Bonchev–Trinajstić information content (AvgIpc) is 2.50. The molecule has 0 aliphatic rings. The van der Waals surface area contributed by atoms with Gasteiger partial charge in [-0.1, -0.05) is 6.07 Å². The molecule has 1 aromatic rings. The highest BCUT2D eigenvalue weighted by Crippen LogP contribution is 2.28. The van der Waals surface area contributed by atoms with E-state index < -0.39 is 0 Å². The van der Waals surface area contributed by atoms with Gasteiger partial charge in [0, 0.05) is 13.0 Å². The Bertz CT molecular complexity index is 441. The van der Waals surface area contributed by atoms with Crippen LogP contribution in [-0.2, 0) is 11.2 Å². The number of carbonyl (C=O) groups excluding carboxylic acids is 1. The van der Waals surface area contributed by atoms with E-state index in [0.29, 0.717) is 26.1 Å². The topological polar surface area (TPSA) is 73.6 Å². The van der Waals surface area contributed by atoms with E-state index >= 15 is 0 Å². The SMILES string of the molecule is CCOc1cc(CCCNC(=O)CCCN)ccc1OC.Cl. The lowest BCUT2D eigenvalue weighted by atomic mass is 10.1. The second-order valence-corrected chi connectivity index (χ2v) is 4.76. The number of aryl methyl sites for hydroxylation is 1. The third-order valence-corrected chi connectivity index (χ3v) is 3.10. The standard InChI is InChI=1S/C16H26N2O3.ClH/c1-3-21-15-12-13(8-9-14(15)20-2)6-5-11-18-16(19)7-4-10-17;/h8-9,12H,3-7,10-11,17H2,1-2H3,(H,18,19);1H. The first-order chi connectivity index (χ1) is 10.2. The Morgan fingerprint density at radius 2 is 2.05 bits per heavy atom. The van der Waals surface area contributed by atoms with Crippen molar-refractivity contribution in [3.05, 3.63) is 23.8 Å². The zero-order chi connectivity index (χ0) is 15.5. The fourth-order valence-corrected chi connectivity index (χ4v) is 2.02.